The Balaban J connectivity index is 2.20. The molecule has 1 aliphatic carbocycles. The molecule has 0 radical (unpaired) electrons. The number of aliphatic imine (C=N–C) groups is 1. The summed E-state index contributed by atoms with van der Waals surface area (Å²) in [6, 6.07) is 8.42. The SMILES string of the molecule is ClC1=NC=CCC2=C1c1ccccc1C2. The smallest absolute Gasteiger partial charge is 0.136 e. The van der Waals surface area contributed by atoms with Gasteiger partial charge in [-0.3, -0.25) is 0 Å². The molecule has 0 atom stereocenters. The highest BCUT2D eigenvalue weighted by atomic mass is 35.5. The van der Waals surface area contributed by atoms with Gasteiger partial charge in [0.15, 0.2) is 0 Å². The zero-order valence-electron chi connectivity index (χ0n) is 8.20. The topological polar surface area (TPSA) is 12.4 Å². The number of allylic oxidation sites excluding steroid dienone is 3. The van der Waals surface area contributed by atoms with Crippen LogP contribution in [0.2, 0.25) is 0 Å². The molecule has 1 heterocycles. The van der Waals surface area contributed by atoms with Crippen molar-refractivity contribution in [3.8, 4) is 0 Å². The summed E-state index contributed by atoms with van der Waals surface area (Å²) in [5, 5.41) is 0.628. The van der Waals surface area contributed by atoms with Crippen molar-refractivity contribution in [3.63, 3.8) is 0 Å². The molecule has 1 aliphatic heterocycles. The molecule has 15 heavy (non-hydrogen) atoms. The van der Waals surface area contributed by atoms with E-state index in [0.29, 0.717) is 5.17 Å². The van der Waals surface area contributed by atoms with Crippen LogP contribution in [0, 0.1) is 0 Å². The molecule has 0 amide bonds. The molecule has 1 nitrogen and oxygen atoms in total. The fraction of sp³-hybridized carbons (Fsp3) is 0.154. The summed E-state index contributed by atoms with van der Waals surface area (Å²) in [6.45, 7) is 0. The molecule has 0 saturated carbocycles. The Kier molecular flexibility index (Phi) is 2.00. The van der Waals surface area contributed by atoms with Gasteiger partial charge in [0.25, 0.3) is 0 Å². The number of benzene rings is 1. The minimum absolute atomic E-state index is 0.628. The Hall–Kier alpha value is -1.34. The standard InChI is InChI=1S/C13H10ClN/c14-13-12-10(5-3-7-15-13)8-9-4-1-2-6-11(9)12/h1-4,6-7H,5,8H2. The molecule has 1 aromatic rings. The summed E-state index contributed by atoms with van der Waals surface area (Å²) in [5.41, 5.74) is 5.16. The fourth-order valence-corrected chi connectivity index (χ4v) is 2.53. The van der Waals surface area contributed by atoms with Crippen LogP contribution in [0.15, 0.2) is 47.1 Å². The molecular formula is C13H10ClN. The highest BCUT2D eigenvalue weighted by molar-refractivity contribution is 6.76. The molecule has 0 fully saturated rings. The minimum atomic E-state index is 0.628. The van der Waals surface area contributed by atoms with E-state index in [1.807, 2.05) is 0 Å². The van der Waals surface area contributed by atoms with E-state index in [2.05, 4.69) is 35.3 Å². The van der Waals surface area contributed by atoms with Crippen LogP contribution in [0.3, 0.4) is 0 Å². The van der Waals surface area contributed by atoms with Crippen LogP contribution in [0.5, 0.6) is 0 Å². The summed E-state index contributed by atoms with van der Waals surface area (Å²) in [4.78, 5) is 4.21. The van der Waals surface area contributed by atoms with Crippen molar-refractivity contribution >= 4 is 22.3 Å². The second kappa shape index (κ2) is 3.35. The third-order valence-electron chi connectivity index (χ3n) is 2.91. The van der Waals surface area contributed by atoms with E-state index in [0.717, 1.165) is 18.4 Å². The normalized spacial score (nSPS) is 18.3. The van der Waals surface area contributed by atoms with E-state index in [1.165, 1.54) is 16.7 Å². The summed E-state index contributed by atoms with van der Waals surface area (Å²) in [5.74, 6) is 0. The second-order valence-electron chi connectivity index (χ2n) is 3.82. The lowest BCUT2D eigenvalue weighted by atomic mass is 10.1. The van der Waals surface area contributed by atoms with Gasteiger partial charge in [-0.05, 0) is 24.0 Å². The molecule has 0 aromatic heterocycles. The third kappa shape index (κ3) is 1.35. The zero-order chi connectivity index (χ0) is 10.3. The Morgan fingerprint density at radius 2 is 2.07 bits per heavy atom. The molecule has 74 valence electrons. The van der Waals surface area contributed by atoms with E-state index < -0.39 is 0 Å². The highest BCUT2D eigenvalue weighted by Crippen LogP contribution is 2.37. The van der Waals surface area contributed by atoms with Crippen LogP contribution in [-0.2, 0) is 6.42 Å². The van der Waals surface area contributed by atoms with Crippen LogP contribution < -0.4 is 0 Å². The van der Waals surface area contributed by atoms with Crippen LogP contribution in [0.1, 0.15) is 17.5 Å². The first-order valence-electron chi connectivity index (χ1n) is 5.05. The van der Waals surface area contributed by atoms with Crippen LogP contribution in [-0.4, -0.2) is 5.17 Å². The molecule has 0 unspecified atom stereocenters. The lowest BCUT2D eigenvalue weighted by Gasteiger charge is -2.02. The van der Waals surface area contributed by atoms with E-state index in [4.69, 9.17) is 11.6 Å². The van der Waals surface area contributed by atoms with Crippen molar-refractivity contribution in [3.05, 3.63) is 53.2 Å². The van der Waals surface area contributed by atoms with Gasteiger partial charge in [-0.25, -0.2) is 4.99 Å². The van der Waals surface area contributed by atoms with Crippen molar-refractivity contribution < 1.29 is 0 Å². The first-order chi connectivity index (χ1) is 7.36. The minimum Gasteiger partial charge on any atom is -0.244 e. The summed E-state index contributed by atoms with van der Waals surface area (Å²) in [7, 11) is 0. The average Bonchev–Trinajstić information content (AvgIpc) is 2.53. The molecule has 1 aromatic carbocycles. The highest BCUT2D eigenvalue weighted by Gasteiger charge is 2.23. The summed E-state index contributed by atoms with van der Waals surface area (Å²) >= 11 is 6.19. The Bertz CT molecular complexity index is 509. The average molecular weight is 216 g/mol. The molecule has 3 rings (SSSR count). The predicted octanol–water partition coefficient (Wildman–Crippen LogP) is 3.55. The maximum Gasteiger partial charge on any atom is 0.136 e. The van der Waals surface area contributed by atoms with Crippen LogP contribution in [0.25, 0.3) is 5.57 Å². The van der Waals surface area contributed by atoms with Crippen LogP contribution >= 0.6 is 11.6 Å². The van der Waals surface area contributed by atoms with Gasteiger partial charge in [0.1, 0.15) is 5.17 Å². The van der Waals surface area contributed by atoms with E-state index >= 15 is 0 Å². The first kappa shape index (κ1) is 8.93. The van der Waals surface area contributed by atoms with E-state index in [9.17, 15) is 0 Å². The largest absolute Gasteiger partial charge is 0.244 e. The van der Waals surface area contributed by atoms with Gasteiger partial charge in [-0.2, -0.15) is 0 Å². The van der Waals surface area contributed by atoms with Crippen LogP contribution in [0.4, 0.5) is 0 Å². The fourth-order valence-electron chi connectivity index (χ4n) is 2.24. The van der Waals surface area contributed by atoms with Gasteiger partial charge in [0.05, 0.1) is 0 Å². The number of nitrogens with zero attached hydrogens (tertiary/aromatic N) is 1. The lowest BCUT2D eigenvalue weighted by Crippen LogP contribution is -1.92. The maximum atomic E-state index is 6.19. The van der Waals surface area contributed by atoms with Gasteiger partial charge in [-0.1, -0.05) is 47.5 Å². The van der Waals surface area contributed by atoms with Gasteiger partial charge in [-0.15, -0.1) is 0 Å². The molecule has 0 bridgehead atoms. The number of hydrogen-bond donors (Lipinski definition) is 0. The molecule has 0 N–H and O–H groups in total. The Labute approximate surface area is 93.8 Å². The van der Waals surface area contributed by atoms with E-state index in [-0.39, 0.29) is 0 Å². The predicted molar refractivity (Wildman–Crippen MR) is 64.1 cm³/mol. The molecule has 0 spiro atoms. The first-order valence-corrected chi connectivity index (χ1v) is 5.43. The van der Waals surface area contributed by atoms with Gasteiger partial charge in [0, 0.05) is 11.8 Å². The number of rotatable bonds is 0. The van der Waals surface area contributed by atoms with Crippen molar-refractivity contribution in [2.24, 2.45) is 4.99 Å². The van der Waals surface area contributed by atoms with Crippen molar-refractivity contribution in [1.82, 2.24) is 0 Å². The summed E-state index contributed by atoms with van der Waals surface area (Å²) in [6.07, 6.45) is 5.84. The Morgan fingerprint density at radius 1 is 1.20 bits per heavy atom. The molecular weight excluding hydrogens is 206 g/mol. The van der Waals surface area contributed by atoms with Gasteiger partial charge >= 0.3 is 0 Å². The van der Waals surface area contributed by atoms with Gasteiger partial charge in [0.2, 0.25) is 0 Å². The van der Waals surface area contributed by atoms with Gasteiger partial charge < -0.3 is 0 Å². The Morgan fingerprint density at radius 3 is 3.00 bits per heavy atom. The maximum absolute atomic E-state index is 6.19. The monoisotopic (exact) mass is 215 g/mol. The molecule has 2 aliphatic rings. The zero-order valence-corrected chi connectivity index (χ0v) is 8.96. The van der Waals surface area contributed by atoms with E-state index in [1.54, 1.807) is 6.20 Å². The summed E-state index contributed by atoms with van der Waals surface area (Å²) < 4.78 is 0. The van der Waals surface area contributed by atoms with Crippen molar-refractivity contribution in [2.45, 2.75) is 12.8 Å². The quantitative estimate of drug-likeness (QED) is 0.628. The number of halogens is 1. The molecule has 2 heteroatoms. The van der Waals surface area contributed by atoms with Crippen molar-refractivity contribution in [1.29, 1.82) is 0 Å². The van der Waals surface area contributed by atoms with Crippen molar-refractivity contribution in [2.75, 3.05) is 0 Å². The number of fused-ring (bicyclic) bond motifs is 2. The third-order valence-corrected chi connectivity index (χ3v) is 3.19. The molecule has 0 saturated heterocycles. The number of hydrogen-bond acceptors (Lipinski definition) is 1. The second-order valence-corrected chi connectivity index (χ2v) is 4.18. The lowest BCUT2D eigenvalue weighted by molar-refractivity contribution is 1.11.